The number of rotatable bonds is 6. The van der Waals surface area contributed by atoms with Crippen molar-refractivity contribution in [1.82, 2.24) is 10.6 Å². The summed E-state index contributed by atoms with van der Waals surface area (Å²) in [6.07, 6.45) is 3.35. The van der Waals surface area contributed by atoms with Crippen molar-refractivity contribution in [3.05, 3.63) is 21.9 Å². The molecule has 3 nitrogen and oxygen atoms in total. The molecule has 0 aromatic carbocycles. The lowest BCUT2D eigenvalue weighted by Crippen LogP contribution is -2.43. The highest BCUT2D eigenvalue weighted by Crippen LogP contribution is 2.24. The van der Waals surface area contributed by atoms with Gasteiger partial charge in [-0.1, -0.05) is 6.92 Å². The highest BCUT2D eigenvalue weighted by atomic mass is 32.1. The number of hydrogen-bond acceptors (Lipinski definition) is 3. The zero-order valence-corrected chi connectivity index (χ0v) is 12.1. The third-order valence-electron chi connectivity index (χ3n) is 3.27. The predicted octanol–water partition coefficient (Wildman–Crippen LogP) is 2.63. The molecule has 100 valence electrons. The first-order valence-corrected chi connectivity index (χ1v) is 7.56. The molecule has 2 unspecified atom stereocenters. The molecule has 1 aliphatic rings. The minimum Gasteiger partial charge on any atom is -0.352 e. The third kappa shape index (κ3) is 3.56. The van der Waals surface area contributed by atoms with Gasteiger partial charge in [0.05, 0.1) is 6.04 Å². The van der Waals surface area contributed by atoms with Crippen molar-refractivity contribution in [1.29, 1.82) is 0 Å². The molecule has 0 bridgehead atoms. The van der Waals surface area contributed by atoms with Crippen molar-refractivity contribution in [2.75, 3.05) is 0 Å². The van der Waals surface area contributed by atoms with E-state index in [1.54, 1.807) is 0 Å². The quantitative estimate of drug-likeness (QED) is 0.831. The Balaban J connectivity index is 1.85. The second kappa shape index (κ2) is 5.85. The molecule has 4 heteroatoms. The van der Waals surface area contributed by atoms with Crippen LogP contribution < -0.4 is 10.6 Å². The lowest BCUT2D eigenvalue weighted by Gasteiger charge is -2.18. The number of aryl methyl sites for hydroxylation is 1. The number of nitrogens with one attached hydrogen (secondary N) is 2. The van der Waals surface area contributed by atoms with Crippen LogP contribution in [-0.4, -0.2) is 18.0 Å². The summed E-state index contributed by atoms with van der Waals surface area (Å²) in [5, 5.41) is 6.39. The minimum absolute atomic E-state index is 0.122. The standard InChI is InChI=1S/C14H22N2OS/c1-4-12-7-8-13(18-12)9(2)15-10(3)14(17)16-11-5-6-11/h7-11,15H,4-6H2,1-3H3,(H,16,17). The number of carbonyl (C=O) groups excluding carboxylic acids is 1. The highest BCUT2D eigenvalue weighted by molar-refractivity contribution is 7.12. The SMILES string of the molecule is CCc1ccc(C(C)NC(C)C(=O)NC2CC2)s1. The zero-order chi connectivity index (χ0) is 13.1. The number of carbonyl (C=O) groups is 1. The van der Waals surface area contributed by atoms with Crippen LogP contribution in [0.25, 0.3) is 0 Å². The second-order valence-corrected chi connectivity index (χ2v) is 6.25. The molecule has 0 aliphatic heterocycles. The van der Waals surface area contributed by atoms with Crippen LogP contribution in [0.5, 0.6) is 0 Å². The highest BCUT2D eigenvalue weighted by Gasteiger charge is 2.26. The van der Waals surface area contributed by atoms with Crippen molar-refractivity contribution in [2.45, 2.75) is 58.2 Å². The molecule has 1 aromatic heterocycles. The fourth-order valence-electron chi connectivity index (χ4n) is 1.90. The monoisotopic (exact) mass is 266 g/mol. The van der Waals surface area contributed by atoms with Gasteiger partial charge in [-0.3, -0.25) is 10.1 Å². The number of hydrogen-bond donors (Lipinski definition) is 2. The summed E-state index contributed by atoms with van der Waals surface area (Å²) in [5.41, 5.74) is 0. The van der Waals surface area contributed by atoms with E-state index in [2.05, 4.69) is 36.6 Å². The maximum atomic E-state index is 11.9. The van der Waals surface area contributed by atoms with Crippen molar-refractivity contribution >= 4 is 17.2 Å². The largest absolute Gasteiger partial charge is 0.352 e. The van der Waals surface area contributed by atoms with Gasteiger partial charge in [0.1, 0.15) is 0 Å². The summed E-state index contributed by atoms with van der Waals surface area (Å²) >= 11 is 1.83. The van der Waals surface area contributed by atoms with Crippen LogP contribution in [0.4, 0.5) is 0 Å². The third-order valence-corrected chi connectivity index (χ3v) is 4.69. The predicted molar refractivity (Wildman–Crippen MR) is 75.9 cm³/mol. The van der Waals surface area contributed by atoms with Gasteiger partial charge in [0.2, 0.25) is 5.91 Å². The molecule has 1 fully saturated rings. The fraction of sp³-hybridized carbons (Fsp3) is 0.643. The first kappa shape index (κ1) is 13.6. The normalized spacial score (nSPS) is 18.4. The Bertz CT molecular complexity index is 412. The molecule has 1 heterocycles. The zero-order valence-electron chi connectivity index (χ0n) is 11.3. The Morgan fingerprint density at radius 1 is 1.44 bits per heavy atom. The molecule has 2 rings (SSSR count). The van der Waals surface area contributed by atoms with E-state index in [0.717, 1.165) is 19.3 Å². The molecule has 1 aliphatic carbocycles. The molecule has 2 atom stereocenters. The molecule has 1 aromatic rings. The second-order valence-electron chi connectivity index (χ2n) is 5.05. The smallest absolute Gasteiger partial charge is 0.237 e. The van der Waals surface area contributed by atoms with Crippen molar-refractivity contribution in [2.24, 2.45) is 0 Å². The van der Waals surface area contributed by atoms with Gasteiger partial charge in [-0.2, -0.15) is 0 Å². The summed E-state index contributed by atoms with van der Waals surface area (Å²) in [4.78, 5) is 14.6. The Morgan fingerprint density at radius 3 is 2.72 bits per heavy atom. The Hall–Kier alpha value is -0.870. The maximum absolute atomic E-state index is 11.9. The Morgan fingerprint density at radius 2 is 2.17 bits per heavy atom. The summed E-state index contributed by atoms with van der Waals surface area (Å²) < 4.78 is 0. The number of amides is 1. The van der Waals surface area contributed by atoms with Crippen LogP contribution in [0.1, 0.15) is 49.4 Å². The van der Waals surface area contributed by atoms with Gasteiger partial charge in [0.15, 0.2) is 0 Å². The molecular formula is C14H22N2OS. The lowest BCUT2D eigenvalue weighted by molar-refractivity contribution is -0.123. The van der Waals surface area contributed by atoms with Crippen molar-refractivity contribution < 1.29 is 4.79 Å². The lowest BCUT2D eigenvalue weighted by atomic mass is 10.2. The van der Waals surface area contributed by atoms with Crippen molar-refractivity contribution in [3.63, 3.8) is 0 Å². The molecule has 0 radical (unpaired) electrons. The topological polar surface area (TPSA) is 41.1 Å². The van der Waals surface area contributed by atoms with E-state index in [1.807, 2.05) is 18.3 Å². The Labute approximate surface area is 113 Å². The van der Waals surface area contributed by atoms with Crippen LogP contribution in [0.15, 0.2) is 12.1 Å². The summed E-state index contributed by atoms with van der Waals surface area (Å²) in [5.74, 6) is 0.122. The van der Waals surface area contributed by atoms with Crippen LogP contribution in [0, 0.1) is 0 Å². The molecule has 0 spiro atoms. The molecular weight excluding hydrogens is 244 g/mol. The van der Waals surface area contributed by atoms with Gasteiger partial charge in [0.25, 0.3) is 0 Å². The first-order valence-electron chi connectivity index (χ1n) is 6.75. The number of thiophene rings is 1. The van der Waals surface area contributed by atoms with Gasteiger partial charge in [0, 0.05) is 21.8 Å². The van der Waals surface area contributed by atoms with E-state index in [4.69, 9.17) is 0 Å². The summed E-state index contributed by atoms with van der Waals surface area (Å²) in [6, 6.07) is 4.87. The van der Waals surface area contributed by atoms with E-state index in [0.29, 0.717) is 6.04 Å². The van der Waals surface area contributed by atoms with Gasteiger partial charge < -0.3 is 5.32 Å². The molecule has 1 saturated carbocycles. The van der Waals surface area contributed by atoms with E-state index in [1.165, 1.54) is 9.75 Å². The molecule has 18 heavy (non-hydrogen) atoms. The molecule has 1 amide bonds. The summed E-state index contributed by atoms with van der Waals surface area (Å²) in [6.45, 7) is 6.22. The molecule has 0 saturated heterocycles. The Kier molecular flexibility index (Phi) is 4.40. The average molecular weight is 266 g/mol. The maximum Gasteiger partial charge on any atom is 0.237 e. The van der Waals surface area contributed by atoms with Crippen LogP contribution in [0.2, 0.25) is 0 Å². The van der Waals surface area contributed by atoms with Gasteiger partial charge in [-0.25, -0.2) is 0 Å². The fourth-order valence-corrected chi connectivity index (χ4v) is 2.87. The van der Waals surface area contributed by atoms with Crippen molar-refractivity contribution in [3.8, 4) is 0 Å². The van der Waals surface area contributed by atoms with E-state index in [-0.39, 0.29) is 18.0 Å². The molecule has 2 N–H and O–H groups in total. The van der Waals surface area contributed by atoms with Gasteiger partial charge >= 0.3 is 0 Å². The van der Waals surface area contributed by atoms with Crippen LogP contribution in [0.3, 0.4) is 0 Å². The minimum atomic E-state index is -0.132. The van der Waals surface area contributed by atoms with E-state index < -0.39 is 0 Å². The van der Waals surface area contributed by atoms with Crippen LogP contribution >= 0.6 is 11.3 Å². The average Bonchev–Trinajstić information content (AvgIpc) is 3.03. The van der Waals surface area contributed by atoms with E-state index >= 15 is 0 Å². The first-order chi connectivity index (χ1) is 8.60. The van der Waals surface area contributed by atoms with Gasteiger partial charge in [-0.05, 0) is 45.2 Å². The van der Waals surface area contributed by atoms with E-state index in [9.17, 15) is 4.79 Å². The van der Waals surface area contributed by atoms with Crippen LogP contribution in [-0.2, 0) is 11.2 Å². The summed E-state index contributed by atoms with van der Waals surface area (Å²) in [7, 11) is 0. The van der Waals surface area contributed by atoms with Gasteiger partial charge in [-0.15, -0.1) is 11.3 Å².